The van der Waals surface area contributed by atoms with Crippen LogP contribution in [-0.2, 0) is 16.9 Å². The lowest BCUT2D eigenvalue weighted by atomic mass is 9.92. The molecule has 4 amide bonds. The van der Waals surface area contributed by atoms with Crippen LogP contribution in [-0.4, -0.2) is 22.7 Å². The van der Waals surface area contributed by atoms with Crippen LogP contribution in [0.15, 0.2) is 65.1 Å². The molecular weight excluding hydrogens is 394 g/mol. The number of nitrogens with one attached hydrogen (secondary N) is 2. The minimum atomic E-state index is -1.19. The summed E-state index contributed by atoms with van der Waals surface area (Å²) in [4.78, 5) is 39.6. The molecule has 0 spiro atoms. The van der Waals surface area contributed by atoms with Crippen molar-refractivity contribution in [3.63, 3.8) is 0 Å². The first kappa shape index (κ1) is 20.4. The smallest absolute Gasteiger partial charge is 0.325 e. The topological polar surface area (TPSA) is 91.7 Å². The monoisotopic (exact) mass is 417 g/mol. The summed E-state index contributed by atoms with van der Waals surface area (Å²) in [6.45, 7) is 5.30. The van der Waals surface area contributed by atoms with Crippen molar-refractivity contribution in [1.82, 2.24) is 10.2 Å². The summed E-state index contributed by atoms with van der Waals surface area (Å²) in [5.41, 5.74) is 1.25. The van der Waals surface area contributed by atoms with Crippen LogP contribution in [0.25, 0.3) is 0 Å². The molecule has 1 aliphatic rings. The third kappa shape index (κ3) is 3.82. The number of carbonyl (C=O) groups excluding carboxylic acids is 3. The Bertz CT molecular complexity index is 1170. The summed E-state index contributed by atoms with van der Waals surface area (Å²) in [7, 11) is 0. The summed E-state index contributed by atoms with van der Waals surface area (Å²) < 4.78 is 5.55. The fraction of sp³-hybridized carbons (Fsp3) is 0.208. The maximum absolute atomic E-state index is 13.2. The molecule has 1 aliphatic heterocycles. The number of carbonyl (C=O) groups is 3. The number of imide groups is 1. The number of hydrogen-bond donors (Lipinski definition) is 2. The summed E-state index contributed by atoms with van der Waals surface area (Å²) >= 11 is 0. The summed E-state index contributed by atoms with van der Waals surface area (Å²) in [5.74, 6) is 0.640. The molecule has 3 aromatic rings. The van der Waals surface area contributed by atoms with Crippen molar-refractivity contribution >= 4 is 23.5 Å². The Labute approximate surface area is 180 Å². The Kier molecular flexibility index (Phi) is 5.10. The molecule has 0 saturated carbocycles. The van der Waals surface area contributed by atoms with Crippen LogP contribution in [0.4, 0.5) is 10.5 Å². The average Bonchev–Trinajstić information content (AvgIpc) is 3.20. The molecule has 2 heterocycles. The molecule has 2 aromatic carbocycles. The first-order valence-electron chi connectivity index (χ1n) is 9.95. The minimum Gasteiger partial charge on any atom is -0.466 e. The zero-order chi connectivity index (χ0) is 22.2. The van der Waals surface area contributed by atoms with Crippen LogP contribution in [0, 0.1) is 13.8 Å². The van der Waals surface area contributed by atoms with Gasteiger partial charge >= 0.3 is 6.03 Å². The van der Waals surface area contributed by atoms with Crippen LogP contribution in [0.2, 0.25) is 0 Å². The Morgan fingerprint density at radius 3 is 2.48 bits per heavy atom. The van der Waals surface area contributed by atoms with E-state index in [1.807, 2.05) is 18.2 Å². The Morgan fingerprint density at radius 2 is 1.81 bits per heavy atom. The van der Waals surface area contributed by atoms with Gasteiger partial charge in [-0.25, -0.2) is 4.79 Å². The standard InChI is InChI=1S/C24H23N3O4/c1-15-12-20(16(2)31-15)24(3)22(29)27(23(30)26-24)14-17-8-7-9-18(13-17)21(28)25-19-10-5-4-6-11-19/h4-13H,14H2,1-3H3,(H,25,28)(H,26,30). The zero-order valence-corrected chi connectivity index (χ0v) is 17.6. The number of hydrogen-bond acceptors (Lipinski definition) is 4. The van der Waals surface area contributed by atoms with Crippen molar-refractivity contribution < 1.29 is 18.8 Å². The van der Waals surface area contributed by atoms with Crippen molar-refractivity contribution in [2.45, 2.75) is 32.9 Å². The van der Waals surface area contributed by atoms with Gasteiger partial charge in [-0.05, 0) is 56.7 Å². The van der Waals surface area contributed by atoms with E-state index in [1.165, 1.54) is 0 Å². The van der Waals surface area contributed by atoms with Gasteiger partial charge in [-0.1, -0.05) is 30.3 Å². The zero-order valence-electron chi connectivity index (χ0n) is 17.6. The maximum atomic E-state index is 13.2. The number of benzene rings is 2. The normalized spacial score (nSPS) is 18.2. The minimum absolute atomic E-state index is 0.0581. The second kappa shape index (κ2) is 7.75. The second-order valence-corrected chi connectivity index (χ2v) is 7.79. The predicted octanol–water partition coefficient (Wildman–Crippen LogP) is 4.12. The summed E-state index contributed by atoms with van der Waals surface area (Å²) in [6, 6.07) is 17.3. The molecule has 1 aromatic heterocycles. The van der Waals surface area contributed by atoms with Crippen LogP contribution in [0.3, 0.4) is 0 Å². The number of anilines is 1. The lowest BCUT2D eigenvalue weighted by Crippen LogP contribution is -2.41. The Balaban J connectivity index is 1.53. The SMILES string of the molecule is Cc1cc(C2(C)NC(=O)N(Cc3cccc(C(=O)Nc4ccccc4)c3)C2=O)c(C)o1. The fourth-order valence-corrected chi connectivity index (χ4v) is 3.87. The van der Waals surface area contributed by atoms with Crippen molar-refractivity contribution in [2.24, 2.45) is 0 Å². The van der Waals surface area contributed by atoms with Gasteiger partial charge in [0.05, 0.1) is 6.54 Å². The highest BCUT2D eigenvalue weighted by atomic mass is 16.3. The summed E-state index contributed by atoms with van der Waals surface area (Å²) in [6.07, 6.45) is 0. The lowest BCUT2D eigenvalue weighted by molar-refractivity contribution is -0.131. The molecule has 31 heavy (non-hydrogen) atoms. The highest BCUT2D eigenvalue weighted by Crippen LogP contribution is 2.33. The van der Waals surface area contributed by atoms with Crippen molar-refractivity contribution in [3.05, 3.63) is 88.9 Å². The molecule has 0 aliphatic carbocycles. The molecule has 4 rings (SSSR count). The number of amides is 4. The molecule has 1 fully saturated rings. The van der Waals surface area contributed by atoms with Crippen molar-refractivity contribution in [3.8, 4) is 0 Å². The van der Waals surface area contributed by atoms with E-state index in [-0.39, 0.29) is 18.4 Å². The van der Waals surface area contributed by atoms with Gasteiger partial charge in [0, 0.05) is 16.8 Å². The quantitative estimate of drug-likeness (QED) is 0.611. The second-order valence-electron chi connectivity index (χ2n) is 7.79. The molecule has 1 atom stereocenters. The van der Waals surface area contributed by atoms with Crippen molar-refractivity contribution in [2.75, 3.05) is 5.32 Å². The summed E-state index contributed by atoms with van der Waals surface area (Å²) in [5, 5.41) is 5.62. The Hall–Kier alpha value is -3.87. The van der Waals surface area contributed by atoms with E-state index in [2.05, 4.69) is 10.6 Å². The van der Waals surface area contributed by atoms with E-state index in [0.29, 0.717) is 33.9 Å². The van der Waals surface area contributed by atoms with E-state index in [1.54, 1.807) is 63.2 Å². The molecule has 0 radical (unpaired) electrons. The lowest BCUT2D eigenvalue weighted by Gasteiger charge is -2.21. The molecule has 158 valence electrons. The first-order valence-corrected chi connectivity index (χ1v) is 9.95. The highest BCUT2D eigenvalue weighted by molar-refractivity contribution is 6.07. The van der Waals surface area contributed by atoms with E-state index in [9.17, 15) is 14.4 Å². The third-order valence-corrected chi connectivity index (χ3v) is 5.42. The first-order chi connectivity index (χ1) is 14.8. The van der Waals surface area contributed by atoms with Gasteiger partial charge in [0.2, 0.25) is 0 Å². The van der Waals surface area contributed by atoms with Gasteiger partial charge < -0.3 is 15.1 Å². The molecule has 0 bridgehead atoms. The number of furan rings is 1. The number of para-hydroxylation sites is 1. The van der Waals surface area contributed by atoms with Gasteiger partial charge in [-0.15, -0.1) is 0 Å². The van der Waals surface area contributed by atoms with Crippen LogP contribution in [0.5, 0.6) is 0 Å². The molecule has 1 saturated heterocycles. The van der Waals surface area contributed by atoms with Gasteiger partial charge in [-0.3, -0.25) is 14.5 Å². The van der Waals surface area contributed by atoms with Crippen molar-refractivity contribution in [1.29, 1.82) is 0 Å². The molecule has 1 unspecified atom stereocenters. The maximum Gasteiger partial charge on any atom is 0.325 e. The van der Waals surface area contributed by atoms with Gasteiger partial charge in [0.15, 0.2) is 0 Å². The third-order valence-electron chi connectivity index (χ3n) is 5.42. The van der Waals surface area contributed by atoms with Crippen LogP contribution >= 0.6 is 0 Å². The van der Waals surface area contributed by atoms with Gasteiger partial charge in [0.1, 0.15) is 17.1 Å². The number of rotatable bonds is 5. The number of nitrogens with zero attached hydrogens (tertiary/aromatic N) is 1. The number of aryl methyl sites for hydroxylation is 2. The molecule has 7 heteroatoms. The number of urea groups is 1. The Morgan fingerprint density at radius 1 is 1.06 bits per heavy atom. The average molecular weight is 417 g/mol. The fourth-order valence-electron chi connectivity index (χ4n) is 3.87. The molecule has 7 nitrogen and oxygen atoms in total. The molecule has 2 N–H and O–H groups in total. The highest BCUT2D eigenvalue weighted by Gasteiger charge is 2.50. The van der Waals surface area contributed by atoms with Gasteiger partial charge in [0.25, 0.3) is 11.8 Å². The van der Waals surface area contributed by atoms with Crippen LogP contribution < -0.4 is 10.6 Å². The molecular formula is C24H23N3O4. The van der Waals surface area contributed by atoms with Crippen LogP contribution in [0.1, 0.15) is 39.9 Å². The van der Waals surface area contributed by atoms with E-state index in [4.69, 9.17) is 4.42 Å². The van der Waals surface area contributed by atoms with E-state index >= 15 is 0 Å². The largest absolute Gasteiger partial charge is 0.466 e. The van der Waals surface area contributed by atoms with E-state index < -0.39 is 11.6 Å². The van der Waals surface area contributed by atoms with E-state index in [0.717, 1.165) is 4.90 Å². The predicted molar refractivity (Wildman–Crippen MR) is 115 cm³/mol. The van der Waals surface area contributed by atoms with Gasteiger partial charge in [-0.2, -0.15) is 0 Å².